The number of nitrogens with zero attached hydrogens (tertiary/aromatic N) is 1. The number of sulfonamides is 1. The van der Waals surface area contributed by atoms with E-state index in [2.05, 4.69) is 11.3 Å². The van der Waals surface area contributed by atoms with Crippen molar-refractivity contribution in [3.8, 4) is 0 Å². The van der Waals surface area contributed by atoms with Gasteiger partial charge in [-0.3, -0.25) is 4.79 Å². The molecule has 0 unspecified atom stereocenters. The number of allylic oxidation sites excluding steroid dienone is 1. The highest BCUT2D eigenvalue weighted by Crippen LogP contribution is 2.28. The number of hydrogen-bond donors (Lipinski definition) is 1. The Balaban J connectivity index is 1.71. The van der Waals surface area contributed by atoms with Gasteiger partial charge in [0.2, 0.25) is 15.9 Å². The van der Waals surface area contributed by atoms with Crippen molar-refractivity contribution in [3.63, 3.8) is 0 Å². The first kappa shape index (κ1) is 20.7. The molecule has 148 valence electrons. The van der Waals surface area contributed by atoms with Crippen molar-refractivity contribution in [2.75, 3.05) is 11.4 Å². The zero-order chi connectivity index (χ0) is 20.5. The minimum Gasteiger partial charge on any atom is -0.308 e. The standard InChI is InChI=1S/C19H18ClFN2O3S2/c1-12(2)13-3-5-17(15(21)11-13)23-9-7-16(19(23)24)22-28(25,26)10-8-14-4-6-18(20)27-14/h3-6,8,10-11,16,22H,1,7,9H2,2H3/b10-8+/t16-/m0/s1. The third-order valence-corrected chi connectivity index (χ3v) is 6.55. The summed E-state index contributed by atoms with van der Waals surface area (Å²) in [7, 11) is -3.84. The molecule has 1 fully saturated rings. The molecule has 1 N–H and O–H groups in total. The quantitative estimate of drug-likeness (QED) is 0.729. The molecule has 0 spiro atoms. The van der Waals surface area contributed by atoms with Crippen LogP contribution in [0.4, 0.5) is 10.1 Å². The molecule has 3 rings (SSSR count). The molecule has 1 amide bonds. The van der Waals surface area contributed by atoms with E-state index < -0.39 is 27.8 Å². The molecule has 2 aromatic rings. The third kappa shape index (κ3) is 4.70. The third-order valence-electron chi connectivity index (χ3n) is 4.25. The molecule has 5 nitrogen and oxygen atoms in total. The number of nitrogens with one attached hydrogen (secondary N) is 1. The summed E-state index contributed by atoms with van der Waals surface area (Å²) < 4.78 is 41.8. The maximum absolute atomic E-state index is 14.4. The Kier molecular flexibility index (Phi) is 6.04. The lowest BCUT2D eigenvalue weighted by Gasteiger charge is -2.18. The monoisotopic (exact) mass is 440 g/mol. The van der Waals surface area contributed by atoms with E-state index in [1.807, 2.05) is 0 Å². The van der Waals surface area contributed by atoms with Crippen LogP contribution in [0.1, 0.15) is 23.8 Å². The van der Waals surface area contributed by atoms with E-state index >= 15 is 0 Å². The summed E-state index contributed by atoms with van der Waals surface area (Å²) in [6, 6.07) is 6.92. The van der Waals surface area contributed by atoms with E-state index in [9.17, 15) is 17.6 Å². The van der Waals surface area contributed by atoms with Gasteiger partial charge in [-0.25, -0.2) is 12.8 Å². The van der Waals surface area contributed by atoms with Gasteiger partial charge >= 0.3 is 0 Å². The lowest BCUT2D eigenvalue weighted by molar-refractivity contribution is -0.118. The number of halogens is 2. The summed E-state index contributed by atoms with van der Waals surface area (Å²) in [5.74, 6) is -1.04. The van der Waals surface area contributed by atoms with E-state index in [1.165, 1.54) is 34.4 Å². The van der Waals surface area contributed by atoms with Crippen LogP contribution < -0.4 is 9.62 Å². The number of amides is 1. The highest BCUT2D eigenvalue weighted by atomic mass is 35.5. The Bertz CT molecular complexity index is 1060. The molecule has 28 heavy (non-hydrogen) atoms. The van der Waals surface area contributed by atoms with Crippen LogP contribution in [-0.2, 0) is 14.8 Å². The summed E-state index contributed by atoms with van der Waals surface area (Å²) in [5, 5.41) is 0.993. The smallest absolute Gasteiger partial charge is 0.245 e. The van der Waals surface area contributed by atoms with Gasteiger partial charge in [-0.1, -0.05) is 29.8 Å². The molecule has 1 saturated heterocycles. The minimum atomic E-state index is -3.84. The topological polar surface area (TPSA) is 66.5 Å². The number of rotatable bonds is 6. The highest BCUT2D eigenvalue weighted by molar-refractivity contribution is 7.92. The molecule has 0 saturated carbocycles. The summed E-state index contributed by atoms with van der Waals surface area (Å²) >= 11 is 7.05. The zero-order valence-electron chi connectivity index (χ0n) is 15.0. The zero-order valence-corrected chi connectivity index (χ0v) is 17.4. The van der Waals surface area contributed by atoms with Crippen LogP contribution in [0.2, 0.25) is 4.34 Å². The Hall–Kier alpha value is -2.00. The molecule has 1 aliphatic rings. The predicted octanol–water partition coefficient (Wildman–Crippen LogP) is 4.27. The minimum absolute atomic E-state index is 0.125. The first-order valence-electron chi connectivity index (χ1n) is 8.39. The summed E-state index contributed by atoms with van der Waals surface area (Å²) in [6.45, 7) is 5.75. The van der Waals surface area contributed by atoms with Crippen LogP contribution in [0.25, 0.3) is 11.6 Å². The Morgan fingerprint density at radius 2 is 2.14 bits per heavy atom. The molecule has 1 atom stereocenters. The molecule has 9 heteroatoms. The average Bonchev–Trinajstić information content (AvgIpc) is 3.19. The van der Waals surface area contributed by atoms with Gasteiger partial charge in [-0.15, -0.1) is 11.3 Å². The molecule has 1 aromatic carbocycles. The molecule has 1 aromatic heterocycles. The van der Waals surface area contributed by atoms with Gasteiger partial charge in [-0.05, 0) is 49.2 Å². The van der Waals surface area contributed by atoms with Crippen molar-refractivity contribution in [3.05, 3.63) is 62.9 Å². The predicted molar refractivity (Wildman–Crippen MR) is 112 cm³/mol. The van der Waals surface area contributed by atoms with E-state index in [-0.39, 0.29) is 18.7 Å². The molecular formula is C19H18ClFN2O3S2. The number of benzene rings is 1. The first-order valence-corrected chi connectivity index (χ1v) is 11.1. The Morgan fingerprint density at radius 3 is 2.75 bits per heavy atom. The van der Waals surface area contributed by atoms with E-state index in [1.54, 1.807) is 25.1 Å². The largest absolute Gasteiger partial charge is 0.308 e. The van der Waals surface area contributed by atoms with Gasteiger partial charge in [0.25, 0.3) is 0 Å². The number of carbonyl (C=O) groups is 1. The van der Waals surface area contributed by atoms with Crippen molar-refractivity contribution < 1.29 is 17.6 Å². The fourth-order valence-corrected chi connectivity index (χ4v) is 4.90. The van der Waals surface area contributed by atoms with E-state index in [4.69, 9.17) is 11.6 Å². The average molecular weight is 441 g/mol. The second-order valence-corrected chi connectivity index (χ2v) is 9.73. The molecule has 1 aliphatic heterocycles. The first-order chi connectivity index (χ1) is 13.2. The Morgan fingerprint density at radius 1 is 1.39 bits per heavy atom. The van der Waals surface area contributed by atoms with Crippen molar-refractivity contribution in [2.24, 2.45) is 0 Å². The van der Waals surface area contributed by atoms with Crippen LogP contribution in [0.3, 0.4) is 0 Å². The van der Waals surface area contributed by atoms with Gasteiger partial charge in [0.15, 0.2) is 0 Å². The maximum atomic E-state index is 14.4. The van der Waals surface area contributed by atoms with Gasteiger partial charge < -0.3 is 4.90 Å². The van der Waals surface area contributed by atoms with Gasteiger partial charge in [-0.2, -0.15) is 4.72 Å². The molecule has 0 aliphatic carbocycles. The van der Waals surface area contributed by atoms with E-state index in [0.29, 0.717) is 20.4 Å². The van der Waals surface area contributed by atoms with Crippen LogP contribution >= 0.6 is 22.9 Å². The van der Waals surface area contributed by atoms with Crippen molar-refractivity contribution in [1.29, 1.82) is 0 Å². The van der Waals surface area contributed by atoms with Crippen molar-refractivity contribution >= 4 is 56.2 Å². The van der Waals surface area contributed by atoms with Gasteiger partial charge in [0, 0.05) is 16.8 Å². The fraction of sp³-hybridized carbons (Fsp3) is 0.211. The van der Waals surface area contributed by atoms with Crippen LogP contribution in [0, 0.1) is 5.82 Å². The molecule has 0 bridgehead atoms. The molecule has 2 heterocycles. The fourth-order valence-electron chi connectivity index (χ4n) is 2.83. The normalized spacial score (nSPS) is 17.6. The van der Waals surface area contributed by atoms with Crippen molar-refractivity contribution in [1.82, 2.24) is 4.72 Å². The molecule has 0 radical (unpaired) electrons. The second-order valence-electron chi connectivity index (χ2n) is 6.39. The number of hydrogen-bond acceptors (Lipinski definition) is 4. The lowest BCUT2D eigenvalue weighted by atomic mass is 10.1. The summed E-state index contributed by atoms with van der Waals surface area (Å²) in [6.07, 6.45) is 1.66. The number of carbonyl (C=O) groups excluding carboxylic acids is 1. The van der Waals surface area contributed by atoms with Crippen LogP contribution in [0.15, 0.2) is 42.3 Å². The number of anilines is 1. The Labute approximate surface area is 172 Å². The lowest BCUT2D eigenvalue weighted by Crippen LogP contribution is -2.40. The van der Waals surface area contributed by atoms with Gasteiger partial charge in [0.05, 0.1) is 10.0 Å². The summed E-state index contributed by atoms with van der Waals surface area (Å²) in [4.78, 5) is 14.5. The number of thiophene rings is 1. The van der Waals surface area contributed by atoms with Crippen molar-refractivity contribution in [2.45, 2.75) is 19.4 Å². The van der Waals surface area contributed by atoms with E-state index in [0.717, 1.165) is 5.41 Å². The van der Waals surface area contributed by atoms with Crippen LogP contribution in [0.5, 0.6) is 0 Å². The maximum Gasteiger partial charge on any atom is 0.245 e. The van der Waals surface area contributed by atoms with Gasteiger partial charge in [0.1, 0.15) is 11.9 Å². The molecular weight excluding hydrogens is 423 g/mol. The second kappa shape index (κ2) is 8.16. The highest BCUT2D eigenvalue weighted by Gasteiger charge is 2.35. The SMILES string of the molecule is C=C(C)c1ccc(N2CC[C@H](NS(=O)(=O)/C=C/c3ccc(Cl)s3)C2=O)c(F)c1. The summed E-state index contributed by atoms with van der Waals surface area (Å²) in [5.41, 5.74) is 1.48. The van der Waals surface area contributed by atoms with Crippen LogP contribution in [-0.4, -0.2) is 26.9 Å².